The quantitative estimate of drug-likeness (QED) is 0.312. The van der Waals surface area contributed by atoms with Crippen LogP contribution in [0.3, 0.4) is 0 Å². The molecule has 0 aliphatic heterocycles. The Morgan fingerprint density at radius 3 is 2.25 bits per heavy atom. The summed E-state index contributed by atoms with van der Waals surface area (Å²) in [4.78, 5) is 13.4. The van der Waals surface area contributed by atoms with E-state index >= 15 is 0 Å². The number of aryl methyl sites for hydroxylation is 1. The molecule has 1 N–H and O–H groups in total. The fourth-order valence-corrected chi connectivity index (χ4v) is 3.70. The third-order valence-corrected chi connectivity index (χ3v) is 5.29. The van der Waals surface area contributed by atoms with Gasteiger partial charge in [0.05, 0.1) is 18.5 Å². The van der Waals surface area contributed by atoms with Gasteiger partial charge in [-0.15, -0.1) is 10.2 Å². The number of ether oxygens (including phenoxy) is 1. The maximum absolute atomic E-state index is 13.4. The van der Waals surface area contributed by atoms with Crippen molar-refractivity contribution in [3.05, 3.63) is 99.6 Å². The van der Waals surface area contributed by atoms with Gasteiger partial charge in [-0.2, -0.15) is 0 Å². The molecule has 0 bridgehead atoms. The van der Waals surface area contributed by atoms with E-state index in [2.05, 4.69) is 10.2 Å². The monoisotopic (exact) mass is 444 g/mol. The van der Waals surface area contributed by atoms with Crippen LogP contribution in [0.2, 0.25) is 0 Å². The third kappa shape index (κ3) is 3.83. The van der Waals surface area contributed by atoms with E-state index in [1.54, 1.807) is 48.5 Å². The molecule has 0 aliphatic rings. The van der Waals surface area contributed by atoms with Crippen LogP contribution >= 0.6 is 12.2 Å². The Morgan fingerprint density at radius 1 is 0.875 bits per heavy atom. The average Bonchev–Trinajstić information content (AvgIpc) is 2.81. The highest BCUT2D eigenvalue weighted by molar-refractivity contribution is 7.71. The van der Waals surface area contributed by atoms with E-state index in [0.29, 0.717) is 22.8 Å². The number of nitrogens with zero attached hydrogens (tertiary/aromatic N) is 4. The van der Waals surface area contributed by atoms with Crippen LogP contribution in [0.25, 0.3) is 11.4 Å². The van der Waals surface area contributed by atoms with Crippen molar-refractivity contribution in [3.63, 3.8) is 0 Å². The number of aromatic hydroxyl groups is 1. The summed E-state index contributed by atoms with van der Waals surface area (Å²) in [5.74, 6) is 0.103. The molecule has 0 amide bonds. The van der Waals surface area contributed by atoms with Crippen LogP contribution in [0.4, 0.5) is 11.4 Å². The summed E-state index contributed by atoms with van der Waals surface area (Å²) in [5.41, 5.74) is 1.65. The van der Waals surface area contributed by atoms with Crippen LogP contribution in [-0.4, -0.2) is 21.4 Å². The van der Waals surface area contributed by atoms with Crippen molar-refractivity contribution in [1.82, 2.24) is 9.13 Å². The minimum Gasteiger partial charge on any atom is -0.494 e. The summed E-state index contributed by atoms with van der Waals surface area (Å²) in [5, 5.41) is 19.4. The fraction of sp³-hybridized carbons (Fsp3) is 0.0833. The van der Waals surface area contributed by atoms with Gasteiger partial charge >= 0.3 is 0 Å². The van der Waals surface area contributed by atoms with Crippen molar-refractivity contribution in [2.24, 2.45) is 10.2 Å². The van der Waals surface area contributed by atoms with Crippen molar-refractivity contribution in [2.45, 2.75) is 6.92 Å². The molecule has 0 aliphatic carbocycles. The topological polar surface area (TPSA) is 81.1 Å². The normalized spacial score (nSPS) is 11.1. The zero-order valence-corrected chi connectivity index (χ0v) is 18.3. The summed E-state index contributed by atoms with van der Waals surface area (Å²) >= 11 is 5.64. The van der Waals surface area contributed by atoms with Gasteiger partial charge in [0.2, 0.25) is 11.6 Å². The van der Waals surface area contributed by atoms with E-state index in [1.165, 1.54) is 16.2 Å². The highest BCUT2D eigenvalue weighted by Gasteiger charge is 2.20. The lowest BCUT2D eigenvalue weighted by Crippen LogP contribution is -2.23. The largest absolute Gasteiger partial charge is 0.494 e. The summed E-state index contributed by atoms with van der Waals surface area (Å²) in [6, 6.07) is 23.4. The van der Waals surface area contributed by atoms with Gasteiger partial charge < -0.3 is 9.84 Å². The van der Waals surface area contributed by atoms with Crippen LogP contribution in [0.5, 0.6) is 11.6 Å². The molecular formula is C24H20N4O3S. The highest BCUT2D eigenvalue weighted by atomic mass is 32.1. The second-order valence-electron chi connectivity index (χ2n) is 6.92. The number of para-hydroxylation sites is 3. The van der Waals surface area contributed by atoms with Crippen molar-refractivity contribution >= 4 is 23.6 Å². The fourth-order valence-electron chi connectivity index (χ4n) is 3.32. The molecule has 4 rings (SSSR count). The number of azo groups is 1. The SMILES string of the molecule is COc1ccccc1N=Nc1c(O)n(-c2ccccc2C)c(=S)n(-c2ccccc2)c1=O. The first-order chi connectivity index (χ1) is 15.5. The second-order valence-corrected chi connectivity index (χ2v) is 7.29. The highest BCUT2D eigenvalue weighted by Crippen LogP contribution is 2.32. The van der Waals surface area contributed by atoms with Gasteiger partial charge in [-0.25, -0.2) is 0 Å². The van der Waals surface area contributed by atoms with Crippen LogP contribution in [0.15, 0.2) is 93.9 Å². The van der Waals surface area contributed by atoms with E-state index in [9.17, 15) is 9.90 Å². The summed E-state index contributed by atoms with van der Waals surface area (Å²) < 4.78 is 8.17. The van der Waals surface area contributed by atoms with Crippen molar-refractivity contribution in [1.29, 1.82) is 0 Å². The van der Waals surface area contributed by atoms with Gasteiger partial charge in [-0.05, 0) is 55.0 Å². The number of rotatable bonds is 5. The predicted octanol–water partition coefficient (Wildman–Crippen LogP) is 5.80. The smallest absolute Gasteiger partial charge is 0.290 e. The van der Waals surface area contributed by atoms with Gasteiger partial charge in [0.15, 0.2) is 4.77 Å². The minimum absolute atomic E-state index is 0.115. The zero-order valence-electron chi connectivity index (χ0n) is 17.5. The lowest BCUT2D eigenvalue weighted by atomic mass is 10.2. The molecule has 3 aromatic carbocycles. The summed E-state index contributed by atoms with van der Waals surface area (Å²) in [7, 11) is 1.52. The molecule has 0 unspecified atom stereocenters. The minimum atomic E-state index is -0.581. The first kappa shape index (κ1) is 21.2. The molecule has 0 atom stereocenters. The number of methoxy groups -OCH3 is 1. The number of hydrogen-bond acceptors (Lipinski definition) is 6. The van der Waals surface area contributed by atoms with Crippen molar-refractivity contribution in [2.75, 3.05) is 7.11 Å². The molecule has 4 aromatic rings. The molecule has 0 saturated carbocycles. The van der Waals surface area contributed by atoms with E-state index in [-0.39, 0.29) is 16.3 Å². The summed E-state index contributed by atoms with van der Waals surface area (Å²) in [6.45, 7) is 1.89. The number of aromatic nitrogens is 2. The van der Waals surface area contributed by atoms with Gasteiger partial charge in [0.25, 0.3) is 5.56 Å². The molecule has 1 heterocycles. The third-order valence-electron chi connectivity index (χ3n) is 4.93. The standard InChI is InChI=1S/C24H20N4O3S/c1-16-10-6-8-14-19(16)28-23(30)21(26-25-18-13-7-9-15-20(18)31-2)22(29)27(24(28)32)17-11-4-3-5-12-17/h3-15,30H,1-2H3. The Balaban J connectivity index is 2.03. The Labute approximate surface area is 189 Å². The molecule has 0 saturated heterocycles. The van der Waals surface area contributed by atoms with Gasteiger partial charge in [0.1, 0.15) is 11.4 Å². The Bertz CT molecular complexity index is 1430. The molecular weight excluding hydrogens is 424 g/mol. The van der Waals surface area contributed by atoms with E-state index in [0.717, 1.165) is 5.56 Å². The summed E-state index contributed by atoms with van der Waals surface area (Å²) in [6.07, 6.45) is 0. The maximum Gasteiger partial charge on any atom is 0.290 e. The number of benzene rings is 3. The first-order valence-electron chi connectivity index (χ1n) is 9.80. The average molecular weight is 445 g/mol. The Morgan fingerprint density at radius 2 is 1.53 bits per heavy atom. The molecule has 7 nitrogen and oxygen atoms in total. The van der Waals surface area contributed by atoms with Crippen LogP contribution in [0, 0.1) is 11.7 Å². The van der Waals surface area contributed by atoms with E-state index in [4.69, 9.17) is 17.0 Å². The van der Waals surface area contributed by atoms with Crippen LogP contribution < -0.4 is 10.3 Å². The zero-order chi connectivity index (χ0) is 22.7. The van der Waals surface area contributed by atoms with E-state index in [1.807, 2.05) is 37.3 Å². The molecule has 0 fully saturated rings. The molecule has 32 heavy (non-hydrogen) atoms. The molecule has 0 radical (unpaired) electrons. The van der Waals surface area contributed by atoms with Crippen LogP contribution in [-0.2, 0) is 0 Å². The Hall–Kier alpha value is -4.04. The van der Waals surface area contributed by atoms with Crippen LogP contribution in [0.1, 0.15) is 5.56 Å². The van der Waals surface area contributed by atoms with Gasteiger partial charge in [-0.3, -0.25) is 13.9 Å². The molecule has 8 heteroatoms. The predicted molar refractivity (Wildman–Crippen MR) is 126 cm³/mol. The Kier molecular flexibility index (Phi) is 5.96. The molecule has 0 spiro atoms. The van der Waals surface area contributed by atoms with Gasteiger partial charge in [-0.1, -0.05) is 48.5 Å². The lowest BCUT2D eigenvalue weighted by molar-refractivity contribution is 0.415. The first-order valence-corrected chi connectivity index (χ1v) is 10.2. The van der Waals surface area contributed by atoms with E-state index < -0.39 is 5.56 Å². The molecule has 1 aromatic heterocycles. The van der Waals surface area contributed by atoms with Crippen molar-refractivity contribution in [3.8, 4) is 23.0 Å². The lowest BCUT2D eigenvalue weighted by Gasteiger charge is -2.17. The second kappa shape index (κ2) is 8.99. The van der Waals surface area contributed by atoms with Crippen molar-refractivity contribution < 1.29 is 9.84 Å². The van der Waals surface area contributed by atoms with Gasteiger partial charge in [0, 0.05) is 0 Å². The molecule has 160 valence electrons. The number of hydrogen-bond donors (Lipinski definition) is 1. The maximum atomic E-state index is 13.4.